The predicted molar refractivity (Wildman–Crippen MR) is 30.3 cm³/mol. The Morgan fingerprint density at radius 3 is 2.62 bits per heavy atom. The predicted octanol–water partition coefficient (Wildman–Crippen LogP) is 0.959. The summed E-state index contributed by atoms with van der Waals surface area (Å²) in [5, 5.41) is 7.26. The molecule has 1 aliphatic carbocycles. The number of nitrogens with one attached hydrogen (secondary N) is 1. The first-order valence-electron chi connectivity index (χ1n) is 3.01. The molecule has 0 radical (unpaired) electrons. The lowest BCUT2D eigenvalue weighted by Gasteiger charge is -1.92. The highest BCUT2D eigenvalue weighted by Gasteiger charge is 2.48. The number of ether oxygens (including phenoxy) is 1. The lowest BCUT2D eigenvalue weighted by molar-refractivity contribution is 0.314. The van der Waals surface area contributed by atoms with Crippen LogP contribution in [0.4, 0.5) is 0 Å². The van der Waals surface area contributed by atoms with Crippen LogP contribution in [0.3, 0.4) is 0 Å². The number of rotatable bonds is 0. The first-order chi connectivity index (χ1) is 3.81. The minimum atomic E-state index is 0.192. The molecule has 0 bridgehead atoms. The minimum absolute atomic E-state index is 0.192. The minimum Gasteiger partial charge on any atom is -0.369 e. The molecular formula is C6H9NO. The zero-order valence-electron chi connectivity index (χ0n) is 4.74. The fourth-order valence-corrected chi connectivity index (χ4v) is 1.29. The first kappa shape index (κ1) is 4.50. The van der Waals surface area contributed by atoms with E-state index in [0.717, 1.165) is 31.6 Å². The summed E-state index contributed by atoms with van der Waals surface area (Å²) in [6.45, 7) is 0.912. The van der Waals surface area contributed by atoms with Gasteiger partial charge in [-0.3, -0.25) is 0 Å². The second kappa shape index (κ2) is 1.13. The van der Waals surface area contributed by atoms with E-state index in [4.69, 9.17) is 10.1 Å². The van der Waals surface area contributed by atoms with E-state index in [2.05, 4.69) is 0 Å². The van der Waals surface area contributed by atoms with E-state index in [1.165, 1.54) is 0 Å². The molecule has 1 saturated heterocycles. The van der Waals surface area contributed by atoms with Gasteiger partial charge < -0.3 is 10.1 Å². The van der Waals surface area contributed by atoms with E-state index >= 15 is 0 Å². The van der Waals surface area contributed by atoms with Crippen molar-refractivity contribution in [1.29, 1.82) is 5.41 Å². The second-order valence-electron chi connectivity index (χ2n) is 2.75. The molecule has 2 rings (SSSR count). The van der Waals surface area contributed by atoms with Crippen molar-refractivity contribution < 1.29 is 4.74 Å². The third-order valence-electron chi connectivity index (χ3n) is 1.97. The van der Waals surface area contributed by atoms with Crippen LogP contribution in [0.1, 0.15) is 19.3 Å². The topological polar surface area (TPSA) is 36.4 Å². The Hall–Kier alpha value is -0.370. The standard InChI is InChI=1S/C6H9NO/c7-5-1-2-6(3-5)4-8-6/h7H,1-4H2/t6-/m0/s1. The summed E-state index contributed by atoms with van der Waals surface area (Å²) >= 11 is 0. The smallest absolute Gasteiger partial charge is 0.0971 e. The van der Waals surface area contributed by atoms with Gasteiger partial charge in [0.2, 0.25) is 0 Å². The fraction of sp³-hybridized carbons (Fsp3) is 0.833. The van der Waals surface area contributed by atoms with Gasteiger partial charge in [0.1, 0.15) is 0 Å². The Bertz CT molecular complexity index is 137. The molecule has 1 spiro atoms. The van der Waals surface area contributed by atoms with Crippen LogP contribution < -0.4 is 0 Å². The quantitative estimate of drug-likeness (QED) is 0.464. The van der Waals surface area contributed by atoms with Crippen molar-refractivity contribution >= 4 is 5.71 Å². The fourth-order valence-electron chi connectivity index (χ4n) is 1.29. The Morgan fingerprint density at radius 1 is 1.62 bits per heavy atom. The molecule has 1 N–H and O–H groups in total. The van der Waals surface area contributed by atoms with E-state index in [0.29, 0.717) is 0 Å². The van der Waals surface area contributed by atoms with E-state index < -0.39 is 0 Å². The van der Waals surface area contributed by atoms with Crippen LogP contribution in [0.15, 0.2) is 0 Å². The van der Waals surface area contributed by atoms with Crippen molar-refractivity contribution in [1.82, 2.24) is 0 Å². The molecule has 0 unspecified atom stereocenters. The van der Waals surface area contributed by atoms with Crippen molar-refractivity contribution in [2.45, 2.75) is 24.9 Å². The average Bonchev–Trinajstić information content (AvgIpc) is 2.34. The van der Waals surface area contributed by atoms with E-state index in [-0.39, 0.29) is 5.60 Å². The van der Waals surface area contributed by atoms with Crippen molar-refractivity contribution in [3.8, 4) is 0 Å². The van der Waals surface area contributed by atoms with Gasteiger partial charge in [-0.1, -0.05) is 0 Å². The average molecular weight is 111 g/mol. The second-order valence-corrected chi connectivity index (χ2v) is 2.75. The molecule has 2 fully saturated rings. The van der Waals surface area contributed by atoms with Gasteiger partial charge in [0.25, 0.3) is 0 Å². The summed E-state index contributed by atoms with van der Waals surface area (Å²) in [5.74, 6) is 0. The van der Waals surface area contributed by atoms with Crippen molar-refractivity contribution in [3.63, 3.8) is 0 Å². The molecule has 2 nitrogen and oxygen atoms in total. The maximum absolute atomic E-state index is 7.26. The molecule has 0 aromatic carbocycles. The summed E-state index contributed by atoms with van der Waals surface area (Å²) in [6, 6.07) is 0. The van der Waals surface area contributed by atoms with Gasteiger partial charge in [-0.15, -0.1) is 0 Å². The monoisotopic (exact) mass is 111 g/mol. The highest BCUT2D eigenvalue weighted by molar-refractivity contribution is 5.85. The molecule has 0 aromatic rings. The zero-order valence-corrected chi connectivity index (χ0v) is 4.74. The van der Waals surface area contributed by atoms with Crippen molar-refractivity contribution in [3.05, 3.63) is 0 Å². The largest absolute Gasteiger partial charge is 0.369 e. The molecule has 0 amide bonds. The van der Waals surface area contributed by atoms with Crippen molar-refractivity contribution in [2.75, 3.05) is 6.61 Å². The van der Waals surface area contributed by atoms with Crippen LogP contribution in [0.25, 0.3) is 0 Å². The van der Waals surface area contributed by atoms with E-state index in [1.54, 1.807) is 0 Å². The van der Waals surface area contributed by atoms with Gasteiger partial charge >= 0.3 is 0 Å². The molecule has 44 valence electrons. The first-order valence-corrected chi connectivity index (χ1v) is 3.01. The number of hydrogen-bond donors (Lipinski definition) is 1. The number of epoxide rings is 1. The lowest BCUT2D eigenvalue weighted by atomic mass is 10.1. The summed E-state index contributed by atoms with van der Waals surface area (Å²) in [4.78, 5) is 0. The Labute approximate surface area is 48.4 Å². The van der Waals surface area contributed by atoms with E-state index in [9.17, 15) is 0 Å². The van der Waals surface area contributed by atoms with Gasteiger partial charge in [0.05, 0.1) is 12.2 Å². The SMILES string of the molecule is N=C1CC[C@@]2(CO2)C1. The molecule has 0 aromatic heterocycles. The highest BCUT2D eigenvalue weighted by Crippen LogP contribution is 2.41. The maximum Gasteiger partial charge on any atom is 0.0971 e. The van der Waals surface area contributed by atoms with Gasteiger partial charge in [-0.25, -0.2) is 0 Å². The highest BCUT2D eigenvalue weighted by atomic mass is 16.6. The molecule has 1 saturated carbocycles. The summed E-state index contributed by atoms with van der Waals surface area (Å²) in [5.41, 5.74) is 1.07. The maximum atomic E-state index is 7.26. The Morgan fingerprint density at radius 2 is 2.38 bits per heavy atom. The van der Waals surface area contributed by atoms with Gasteiger partial charge in [-0.2, -0.15) is 0 Å². The molecule has 8 heavy (non-hydrogen) atoms. The molecule has 2 aliphatic rings. The Balaban J connectivity index is 2.13. The van der Waals surface area contributed by atoms with Crippen LogP contribution >= 0.6 is 0 Å². The van der Waals surface area contributed by atoms with Crippen LogP contribution in [-0.2, 0) is 4.74 Å². The van der Waals surface area contributed by atoms with Crippen LogP contribution in [0, 0.1) is 5.41 Å². The normalized spacial score (nSPS) is 43.8. The molecular weight excluding hydrogens is 102 g/mol. The summed E-state index contributed by atoms with van der Waals surface area (Å²) in [6.07, 6.45) is 2.98. The lowest BCUT2D eigenvalue weighted by Crippen LogP contribution is -2.02. The van der Waals surface area contributed by atoms with Crippen LogP contribution in [0.5, 0.6) is 0 Å². The van der Waals surface area contributed by atoms with Gasteiger partial charge in [0, 0.05) is 12.1 Å². The molecule has 1 aliphatic heterocycles. The van der Waals surface area contributed by atoms with Gasteiger partial charge in [-0.05, 0) is 12.8 Å². The Kier molecular flexibility index (Phi) is 0.637. The van der Waals surface area contributed by atoms with E-state index in [1.807, 2.05) is 0 Å². The third-order valence-corrected chi connectivity index (χ3v) is 1.97. The number of hydrogen-bond acceptors (Lipinski definition) is 2. The summed E-state index contributed by atoms with van der Waals surface area (Å²) in [7, 11) is 0. The third kappa shape index (κ3) is 0.494. The van der Waals surface area contributed by atoms with Crippen LogP contribution in [-0.4, -0.2) is 17.9 Å². The zero-order chi connectivity index (χ0) is 5.61. The van der Waals surface area contributed by atoms with Gasteiger partial charge in [0.15, 0.2) is 0 Å². The molecule has 1 heterocycles. The summed E-state index contributed by atoms with van der Waals surface area (Å²) < 4.78 is 5.19. The van der Waals surface area contributed by atoms with Crippen molar-refractivity contribution in [2.24, 2.45) is 0 Å². The molecule has 1 atom stereocenters. The molecule has 2 heteroatoms. The van der Waals surface area contributed by atoms with Crippen LogP contribution in [0.2, 0.25) is 0 Å².